The first-order valence-electron chi connectivity index (χ1n) is 8.69. The summed E-state index contributed by atoms with van der Waals surface area (Å²) in [4.78, 5) is 21.0. The van der Waals surface area contributed by atoms with Crippen LogP contribution in [0.4, 0.5) is 22.7 Å². The van der Waals surface area contributed by atoms with Crippen molar-refractivity contribution in [3.63, 3.8) is 0 Å². The van der Waals surface area contributed by atoms with Crippen molar-refractivity contribution >= 4 is 35.2 Å². The number of anilines is 2. The fourth-order valence-electron chi connectivity index (χ4n) is 2.48. The van der Waals surface area contributed by atoms with Gasteiger partial charge in [0.15, 0.2) is 0 Å². The first-order chi connectivity index (χ1) is 14.5. The zero-order valence-corrected chi connectivity index (χ0v) is 15.5. The lowest BCUT2D eigenvalue weighted by atomic mass is 10.2. The largest absolute Gasteiger partial charge is 0.294 e. The van der Waals surface area contributed by atoms with Gasteiger partial charge in [-0.05, 0) is 23.3 Å². The Kier molecular flexibility index (Phi) is 6.41. The van der Waals surface area contributed by atoms with Crippen molar-refractivity contribution in [1.82, 2.24) is 0 Å². The fraction of sp³-hybridized carbons (Fsp3) is 0. The van der Waals surface area contributed by atoms with E-state index in [9.17, 15) is 20.2 Å². The highest BCUT2D eigenvalue weighted by Gasteiger charge is 2.11. The van der Waals surface area contributed by atoms with E-state index in [1.165, 1.54) is 24.6 Å². The molecule has 0 heterocycles. The van der Waals surface area contributed by atoms with Gasteiger partial charge in [0.25, 0.3) is 11.4 Å². The summed E-state index contributed by atoms with van der Waals surface area (Å²) < 4.78 is 0. The van der Waals surface area contributed by atoms with Crippen LogP contribution in [0.3, 0.4) is 0 Å². The molecule has 30 heavy (non-hydrogen) atoms. The summed E-state index contributed by atoms with van der Waals surface area (Å²) in [5, 5.41) is 30.0. The van der Waals surface area contributed by atoms with E-state index in [0.717, 1.165) is 11.1 Å². The Morgan fingerprint density at radius 2 is 1.00 bits per heavy atom. The average Bonchev–Trinajstić information content (AvgIpc) is 2.75. The van der Waals surface area contributed by atoms with Crippen LogP contribution in [0.2, 0.25) is 0 Å². The molecule has 0 aliphatic rings. The van der Waals surface area contributed by atoms with Crippen molar-refractivity contribution in [2.24, 2.45) is 10.2 Å². The van der Waals surface area contributed by atoms with Crippen LogP contribution in [0.5, 0.6) is 0 Å². The standard InChI is InChI=1S/C20H16N6O4/c27-25(28)19-7-3-1-5-17(19)23-21-13-15-9-11-16(12-10-15)14-22-24-18-6-2-4-8-20(18)26(29)30/h1-14,23-24H/b21-13-,22-14-. The van der Waals surface area contributed by atoms with Gasteiger partial charge in [-0.2, -0.15) is 10.2 Å². The van der Waals surface area contributed by atoms with Gasteiger partial charge in [0.2, 0.25) is 0 Å². The number of hydrazone groups is 2. The summed E-state index contributed by atoms with van der Waals surface area (Å²) in [6, 6.07) is 19.6. The summed E-state index contributed by atoms with van der Waals surface area (Å²) in [5.41, 5.74) is 7.32. The third-order valence-electron chi connectivity index (χ3n) is 3.94. The lowest BCUT2D eigenvalue weighted by Gasteiger charge is -2.02. The minimum Gasteiger partial charge on any atom is -0.272 e. The monoisotopic (exact) mass is 404 g/mol. The molecule has 3 rings (SSSR count). The van der Waals surface area contributed by atoms with E-state index in [1.807, 2.05) is 0 Å². The second-order valence-electron chi connectivity index (χ2n) is 5.96. The minimum absolute atomic E-state index is 0.0626. The van der Waals surface area contributed by atoms with Gasteiger partial charge in [-0.3, -0.25) is 31.1 Å². The summed E-state index contributed by atoms with van der Waals surface area (Å²) >= 11 is 0. The average molecular weight is 404 g/mol. The maximum atomic E-state index is 11.0. The van der Waals surface area contributed by atoms with Gasteiger partial charge >= 0.3 is 0 Å². The quantitative estimate of drug-likeness (QED) is 0.325. The topological polar surface area (TPSA) is 135 Å². The molecular formula is C20H16N6O4. The molecule has 0 saturated carbocycles. The summed E-state index contributed by atoms with van der Waals surface area (Å²) in [6.07, 6.45) is 3.06. The Hall–Kier alpha value is -4.60. The lowest BCUT2D eigenvalue weighted by molar-refractivity contribution is -0.384. The van der Waals surface area contributed by atoms with E-state index in [0.29, 0.717) is 11.4 Å². The predicted molar refractivity (Wildman–Crippen MR) is 115 cm³/mol. The van der Waals surface area contributed by atoms with Gasteiger partial charge in [-0.15, -0.1) is 0 Å². The third-order valence-corrected chi connectivity index (χ3v) is 3.94. The number of nitro benzene ring substituents is 2. The Bertz CT molecular complexity index is 1020. The highest BCUT2D eigenvalue weighted by atomic mass is 16.6. The van der Waals surface area contributed by atoms with Crippen LogP contribution in [-0.2, 0) is 0 Å². The van der Waals surface area contributed by atoms with E-state index < -0.39 is 9.85 Å². The van der Waals surface area contributed by atoms with Gasteiger partial charge in [0.1, 0.15) is 11.4 Å². The molecule has 0 aliphatic carbocycles. The van der Waals surface area contributed by atoms with Gasteiger partial charge in [-0.1, -0.05) is 48.5 Å². The maximum absolute atomic E-state index is 11.0. The van der Waals surface area contributed by atoms with Gasteiger partial charge in [-0.25, -0.2) is 0 Å². The maximum Gasteiger partial charge on any atom is 0.294 e. The molecule has 0 fully saturated rings. The summed E-state index contributed by atoms with van der Waals surface area (Å²) in [6.45, 7) is 0. The number of para-hydroxylation sites is 4. The molecule has 3 aromatic rings. The number of benzene rings is 3. The van der Waals surface area contributed by atoms with Crippen LogP contribution in [0.15, 0.2) is 83.0 Å². The number of nitro groups is 2. The fourth-order valence-corrected chi connectivity index (χ4v) is 2.48. The van der Waals surface area contributed by atoms with Crippen LogP contribution in [0.1, 0.15) is 11.1 Å². The molecule has 0 atom stereocenters. The van der Waals surface area contributed by atoms with Crippen molar-refractivity contribution in [2.75, 3.05) is 10.9 Å². The molecule has 150 valence electrons. The molecule has 0 amide bonds. The molecule has 10 heteroatoms. The molecule has 0 aliphatic heterocycles. The van der Waals surface area contributed by atoms with E-state index in [1.54, 1.807) is 60.7 Å². The van der Waals surface area contributed by atoms with Gasteiger partial charge in [0.05, 0.1) is 22.3 Å². The van der Waals surface area contributed by atoms with Crippen LogP contribution in [0, 0.1) is 20.2 Å². The van der Waals surface area contributed by atoms with Crippen LogP contribution >= 0.6 is 0 Å². The normalized spacial score (nSPS) is 10.9. The zero-order valence-electron chi connectivity index (χ0n) is 15.5. The molecule has 0 saturated heterocycles. The Morgan fingerprint density at radius 3 is 1.37 bits per heavy atom. The molecule has 0 bridgehead atoms. The summed E-state index contributed by atoms with van der Waals surface area (Å²) in [7, 11) is 0. The molecule has 0 unspecified atom stereocenters. The van der Waals surface area contributed by atoms with Crippen molar-refractivity contribution in [3.8, 4) is 0 Å². The second kappa shape index (κ2) is 9.55. The molecule has 0 spiro atoms. The predicted octanol–water partition coefficient (Wildman–Crippen LogP) is 4.40. The van der Waals surface area contributed by atoms with Gasteiger partial charge < -0.3 is 0 Å². The van der Waals surface area contributed by atoms with Crippen molar-refractivity contribution in [2.45, 2.75) is 0 Å². The number of hydrogen-bond donors (Lipinski definition) is 2. The lowest BCUT2D eigenvalue weighted by Crippen LogP contribution is -1.97. The number of hydrogen-bond acceptors (Lipinski definition) is 8. The van der Waals surface area contributed by atoms with Crippen LogP contribution in [0.25, 0.3) is 0 Å². The third kappa shape index (κ3) is 5.23. The molecule has 10 nitrogen and oxygen atoms in total. The Balaban J connectivity index is 1.60. The number of nitrogens with one attached hydrogen (secondary N) is 2. The molecule has 2 N–H and O–H groups in total. The van der Waals surface area contributed by atoms with E-state index in [4.69, 9.17) is 0 Å². The first kappa shape index (κ1) is 20.1. The van der Waals surface area contributed by atoms with E-state index in [-0.39, 0.29) is 11.4 Å². The smallest absolute Gasteiger partial charge is 0.272 e. The Morgan fingerprint density at radius 1 is 0.633 bits per heavy atom. The van der Waals surface area contributed by atoms with Crippen molar-refractivity contribution in [3.05, 3.63) is 104 Å². The summed E-state index contributed by atoms with van der Waals surface area (Å²) in [5.74, 6) is 0. The van der Waals surface area contributed by atoms with Crippen LogP contribution < -0.4 is 10.9 Å². The van der Waals surface area contributed by atoms with Gasteiger partial charge in [0, 0.05) is 12.1 Å². The first-order valence-corrected chi connectivity index (χ1v) is 8.69. The molecular weight excluding hydrogens is 388 g/mol. The van der Waals surface area contributed by atoms with Crippen molar-refractivity contribution < 1.29 is 9.85 Å². The van der Waals surface area contributed by atoms with Crippen LogP contribution in [-0.4, -0.2) is 22.3 Å². The van der Waals surface area contributed by atoms with E-state index >= 15 is 0 Å². The SMILES string of the molecule is O=[N+]([O-])c1ccccc1N/N=C\c1ccc(/C=N\Nc2ccccc2[N+](=O)[O-])cc1. The Labute approximate surface area is 170 Å². The highest BCUT2D eigenvalue weighted by molar-refractivity contribution is 5.85. The zero-order chi connectivity index (χ0) is 21.3. The van der Waals surface area contributed by atoms with E-state index in [2.05, 4.69) is 21.1 Å². The minimum atomic E-state index is -0.482. The number of rotatable bonds is 8. The highest BCUT2D eigenvalue weighted by Crippen LogP contribution is 2.23. The second-order valence-corrected chi connectivity index (χ2v) is 5.96. The molecule has 0 aromatic heterocycles. The molecule has 3 aromatic carbocycles. The molecule has 0 radical (unpaired) electrons. The van der Waals surface area contributed by atoms with Crippen molar-refractivity contribution in [1.29, 1.82) is 0 Å². The number of nitrogens with zero attached hydrogens (tertiary/aromatic N) is 4.